The summed E-state index contributed by atoms with van der Waals surface area (Å²) in [6, 6.07) is 11.6. The van der Waals surface area contributed by atoms with Gasteiger partial charge >= 0.3 is 0 Å². The number of hydrogen-bond acceptors (Lipinski definition) is 3. The maximum Gasteiger partial charge on any atom is 0.251 e. The van der Waals surface area contributed by atoms with Gasteiger partial charge in [0.05, 0.1) is 28.5 Å². The van der Waals surface area contributed by atoms with E-state index in [9.17, 15) is 13.2 Å². The van der Waals surface area contributed by atoms with E-state index in [0.29, 0.717) is 16.8 Å². The van der Waals surface area contributed by atoms with Gasteiger partial charge in [-0.3, -0.25) is 9.10 Å². The van der Waals surface area contributed by atoms with Crippen molar-refractivity contribution in [3.05, 3.63) is 63.6 Å². The number of rotatable bonds is 5. The third-order valence-corrected chi connectivity index (χ3v) is 5.57. The number of anilines is 1. The monoisotopic (exact) mass is 428 g/mol. The first-order valence-corrected chi connectivity index (χ1v) is 10.8. The van der Waals surface area contributed by atoms with Gasteiger partial charge in [0.2, 0.25) is 10.0 Å². The molecule has 0 atom stereocenters. The predicted octanol–water partition coefficient (Wildman–Crippen LogP) is 4.49. The molecule has 0 aliphatic carbocycles. The number of hydrogen-bond donors (Lipinski definition) is 1. The van der Waals surface area contributed by atoms with E-state index in [0.717, 1.165) is 6.26 Å². The normalized spacial score (nSPS) is 11.9. The molecule has 0 aromatic heterocycles. The molecule has 2 rings (SSSR count). The molecule has 0 fully saturated rings. The smallest absolute Gasteiger partial charge is 0.251 e. The van der Waals surface area contributed by atoms with E-state index in [4.69, 9.17) is 23.2 Å². The van der Waals surface area contributed by atoms with Crippen molar-refractivity contribution >= 4 is 44.8 Å². The molecule has 5 nitrogen and oxygen atoms in total. The van der Waals surface area contributed by atoms with Gasteiger partial charge in [-0.1, -0.05) is 41.4 Å². The molecule has 0 radical (unpaired) electrons. The zero-order valence-corrected chi connectivity index (χ0v) is 17.9. The molecule has 8 heteroatoms. The summed E-state index contributed by atoms with van der Waals surface area (Å²) in [5, 5.41) is 3.33. The Morgan fingerprint density at radius 1 is 1.07 bits per heavy atom. The highest BCUT2D eigenvalue weighted by Gasteiger charge is 2.22. The number of nitrogens with zero attached hydrogens (tertiary/aromatic N) is 1. The fraction of sp³-hybridized carbons (Fsp3) is 0.316. The Kier molecular flexibility index (Phi) is 6.45. The maximum atomic E-state index is 12.3. The number of carbonyl (C=O) groups excluding carboxylic acids is 1. The minimum absolute atomic E-state index is 0.0695. The standard InChI is InChI=1S/C19H22Cl2N2O3S/c1-19(2,3)22-18(24)14-10-8-13(9-11-14)12-23(27(4,25)26)16-7-5-6-15(20)17(16)21/h5-11H,12H2,1-4H3,(H,22,24). The van der Waals surface area contributed by atoms with Crippen LogP contribution in [0, 0.1) is 0 Å². The highest BCUT2D eigenvalue weighted by atomic mass is 35.5. The van der Waals surface area contributed by atoms with Gasteiger partial charge in [0, 0.05) is 11.1 Å². The third kappa shape index (κ3) is 5.86. The largest absolute Gasteiger partial charge is 0.347 e. The summed E-state index contributed by atoms with van der Waals surface area (Å²) in [7, 11) is -3.59. The van der Waals surface area contributed by atoms with Crippen LogP contribution in [0.3, 0.4) is 0 Å². The van der Waals surface area contributed by atoms with Gasteiger partial charge in [0.1, 0.15) is 0 Å². The first-order chi connectivity index (χ1) is 12.4. The van der Waals surface area contributed by atoms with Crippen molar-refractivity contribution in [3.63, 3.8) is 0 Å². The summed E-state index contributed by atoms with van der Waals surface area (Å²) in [6.07, 6.45) is 1.11. The predicted molar refractivity (Wildman–Crippen MR) is 111 cm³/mol. The van der Waals surface area contributed by atoms with Crippen LogP contribution in [0.15, 0.2) is 42.5 Å². The molecule has 0 aliphatic rings. The van der Waals surface area contributed by atoms with Crippen LogP contribution in [0.2, 0.25) is 10.0 Å². The molecule has 0 saturated carbocycles. The van der Waals surface area contributed by atoms with Gasteiger partial charge in [0.25, 0.3) is 5.91 Å². The second-order valence-corrected chi connectivity index (χ2v) is 9.94. The first-order valence-electron chi connectivity index (χ1n) is 8.22. The zero-order chi connectivity index (χ0) is 20.4. The van der Waals surface area contributed by atoms with Gasteiger partial charge in [-0.05, 0) is 50.6 Å². The Morgan fingerprint density at radius 3 is 2.19 bits per heavy atom. The van der Waals surface area contributed by atoms with Crippen LogP contribution in [0.5, 0.6) is 0 Å². The van der Waals surface area contributed by atoms with Crippen LogP contribution in [0.25, 0.3) is 0 Å². The van der Waals surface area contributed by atoms with Gasteiger partial charge in [0.15, 0.2) is 0 Å². The van der Waals surface area contributed by atoms with Gasteiger partial charge < -0.3 is 5.32 Å². The number of sulfonamides is 1. The minimum atomic E-state index is -3.59. The molecular weight excluding hydrogens is 407 g/mol. The summed E-state index contributed by atoms with van der Waals surface area (Å²) in [6.45, 7) is 5.77. The van der Waals surface area contributed by atoms with E-state index in [1.807, 2.05) is 20.8 Å². The highest BCUT2D eigenvalue weighted by molar-refractivity contribution is 7.92. The van der Waals surface area contributed by atoms with E-state index < -0.39 is 10.0 Å². The summed E-state index contributed by atoms with van der Waals surface area (Å²) in [5.74, 6) is -0.188. The van der Waals surface area contributed by atoms with Gasteiger partial charge in [-0.15, -0.1) is 0 Å². The summed E-state index contributed by atoms with van der Waals surface area (Å²) in [4.78, 5) is 12.2. The molecule has 0 unspecified atom stereocenters. The quantitative estimate of drug-likeness (QED) is 0.762. The number of benzene rings is 2. The molecule has 146 valence electrons. The Balaban J connectivity index is 2.29. The van der Waals surface area contributed by atoms with Gasteiger partial charge in [-0.2, -0.15) is 0 Å². The van der Waals surface area contributed by atoms with E-state index >= 15 is 0 Å². The first kappa shape index (κ1) is 21.5. The number of amides is 1. The van der Waals surface area contributed by atoms with E-state index in [2.05, 4.69) is 5.32 Å². The van der Waals surface area contributed by atoms with Crippen LogP contribution in [-0.4, -0.2) is 26.1 Å². The molecular formula is C19H22Cl2N2O3S. The van der Waals surface area contributed by atoms with Crippen LogP contribution in [-0.2, 0) is 16.6 Å². The van der Waals surface area contributed by atoms with Crippen LogP contribution in [0.4, 0.5) is 5.69 Å². The second kappa shape index (κ2) is 8.09. The molecule has 1 amide bonds. The molecule has 1 N–H and O–H groups in total. The Morgan fingerprint density at radius 2 is 1.67 bits per heavy atom. The average Bonchev–Trinajstić information content (AvgIpc) is 2.53. The van der Waals surface area contributed by atoms with Crippen molar-refractivity contribution in [1.82, 2.24) is 5.32 Å². The average molecular weight is 429 g/mol. The van der Waals surface area contributed by atoms with Crippen LogP contribution in [0.1, 0.15) is 36.7 Å². The van der Waals surface area contributed by atoms with Crippen molar-refractivity contribution in [2.45, 2.75) is 32.9 Å². The number of carbonyl (C=O) groups is 1. The summed E-state index contributed by atoms with van der Waals surface area (Å²) < 4.78 is 25.8. The maximum absolute atomic E-state index is 12.3. The van der Waals surface area contributed by atoms with E-state index in [1.165, 1.54) is 4.31 Å². The highest BCUT2D eigenvalue weighted by Crippen LogP contribution is 2.34. The Bertz CT molecular complexity index is 936. The molecule has 0 bridgehead atoms. The summed E-state index contributed by atoms with van der Waals surface area (Å²) >= 11 is 12.2. The third-order valence-electron chi connectivity index (χ3n) is 3.63. The Labute approximate surface area is 170 Å². The molecule has 0 saturated heterocycles. The number of halogens is 2. The van der Waals surface area contributed by atoms with Crippen molar-refractivity contribution in [2.75, 3.05) is 10.6 Å². The van der Waals surface area contributed by atoms with Crippen molar-refractivity contribution in [3.8, 4) is 0 Å². The van der Waals surface area contributed by atoms with Gasteiger partial charge in [-0.25, -0.2) is 8.42 Å². The fourth-order valence-electron chi connectivity index (χ4n) is 2.41. The van der Waals surface area contributed by atoms with E-state index in [-0.39, 0.29) is 28.0 Å². The van der Waals surface area contributed by atoms with Crippen LogP contribution >= 0.6 is 23.2 Å². The van der Waals surface area contributed by atoms with Crippen LogP contribution < -0.4 is 9.62 Å². The zero-order valence-electron chi connectivity index (χ0n) is 15.6. The summed E-state index contributed by atoms with van der Waals surface area (Å²) in [5.41, 5.74) is 1.18. The lowest BCUT2D eigenvalue weighted by Gasteiger charge is -2.24. The minimum Gasteiger partial charge on any atom is -0.347 e. The molecule has 0 aliphatic heterocycles. The topological polar surface area (TPSA) is 66.5 Å². The molecule has 2 aromatic carbocycles. The van der Waals surface area contributed by atoms with Crippen molar-refractivity contribution < 1.29 is 13.2 Å². The number of nitrogens with one attached hydrogen (secondary N) is 1. The van der Waals surface area contributed by atoms with Crippen molar-refractivity contribution in [1.29, 1.82) is 0 Å². The molecule has 27 heavy (non-hydrogen) atoms. The lowest BCUT2D eigenvalue weighted by molar-refractivity contribution is 0.0919. The lowest BCUT2D eigenvalue weighted by Crippen LogP contribution is -2.40. The second-order valence-electron chi connectivity index (χ2n) is 7.24. The lowest BCUT2D eigenvalue weighted by atomic mass is 10.1. The fourth-order valence-corrected chi connectivity index (χ4v) is 3.75. The van der Waals surface area contributed by atoms with Crippen molar-refractivity contribution in [2.24, 2.45) is 0 Å². The molecule has 2 aromatic rings. The Hall–Kier alpha value is -1.76. The molecule has 0 spiro atoms. The molecule has 0 heterocycles. The SMILES string of the molecule is CC(C)(C)NC(=O)c1ccc(CN(c2cccc(Cl)c2Cl)S(C)(=O)=O)cc1. The van der Waals surface area contributed by atoms with E-state index in [1.54, 1.807) is 42.5 Å².